The van der Waals surface area contributed by atoms with Gasteiger partial charge in [-0.05, 0) is 18.1 Å². The van der Waals surface area contributed by atoms with Crippen molar-refractivity contribution in [3.63, 3.8) is 0 Å². The summed E-state index contributed by atoms with van der Waals surface area (Å²) in [6.07, 6.45) is 0. The highest BCUT2D eigenvalue weighted by atomic mass is 35.5. The van der Waals surface area contributed by atoms with Crippen LogP contribution in [0.15, 0.2) is 21.9 Å². The number of carboxylic acid groups (broad SMARTS) is 1. The normalized spacial score (nSPS) is 13.2. The van der Waals surface area contributed by atoms with E-state index in [-0.39, 0.29) is 16.0 Å². The second-order valence-corrected chi connectivity index (χ2v) is 8.79. The number of carboxylic acids is 1. The van der Waals surface area contributed by atoms with Gasteiger partial charge in [-0.2, -0.15) is 0 Å². The minimum atomic E-state index is -4.18. The van der Waals surface area contributed by atoms with Crippen molar-refractivity contribution in [1.82, 2.24) is 0 Å². The first-order valence-corrected chi connectivity index (χ1v) is 9.97. The summed E-state index contributed by atoms with van der Waals surface area (Å²) in [6, 6.07) is 0.974. The number of sulfonamides is 2. The second kappa shape index (κ2) is 8.43. The van der Waals surface area contributed by atoms with Gasteiger partial charge in [-0.3, -0.25) is 4.79 Å². The number of hydrogen-bond acceptors (Lipinski definition) is 6. The summed E-state index contributed by atoms with van der Waals surface area (Å²) in [6.45, 7) is 3.55. The van der Waals surface area contributed by atoms with Gasteiger partial charge >= 0.3 is 5.97 Å². The van der Waals surface area contributed by atoms with Crippen molar-refractivity contribution in [2.45, 2.75) is 29.7 Å². The Morgan fingerprint density at radius 2 is 1.54 bits per heavy atom. The summed E-state index contributed by atoms with van der Waals surface area (Å²) in [7, 11) is -8.26. The Morgan fingerprint density at radius 1 is 1.08 bits per heavy atom. The molecule has 0 aliphatic heterocycles. The molecule has 0 amide bonds. The van der Waals surface area contributed by atoms with Crippen molar-refractivity contribution < 1.29 is 26.7 Å². The molecule has 13 heteroatoms. The smallest absolute Gasteiger partial charge is 0.320 e. The van der Waals surface area contributed by atoms with Crippen molar-refractivity contribution in [2.75, 3.05) is 0 Å². The summed E-state index contributed by atoms with van der Waals surface area (Å²) in [4.78, 5) is 8.94. The van der Waals surface area contributed by atoms with Crippen molar-refractivity contribution in [2.24, 2.45) is 21.9 Å². The van der Waals surface area contributed by atoms with Gasteiger partial charge in [-0.1, -0.05) is 37.0 Å². The summed E-state index contributed by atoms with van der Waals surface area (Å²) < 4.78 is 44.2. The molecule has 7 N–H and O–H groups in total. The fraction of sp³-hybridized carbons (Fsp3) is 0.364. The predicted octanol–water partition coefficient (Wildman–Crippen LogP) is 0.343. The lowest BCUT2D eigenvalue weighted by Gasteiger charge is -2.07. The molecule has 0 heterocycles. The molecule has 1 aromatic carbocycles. The fourth-order valence-corrected chi connectivity index (χ4v) is 3.26. The van der Waals surface area contributed by atoms with Crippen LogP contribution in [-0.2, 0) is 24.8 Å². The first-order chi connectivity index (χ1) is 10.6. The Morgan fingerprint density at radius 3 is 1.79 bits per heavy atom. The highest BCUT2D eigenvalue weighted by Crippen LogP contribution is 2.31. The number of hydrogen-bond donors (Lipinski definition) is 4. The first-order valence-electron chi connectivity index (χ1n) is 6.12. The highest BCUT2D eigenvalue weighted by Gasteiger charge is 2.20. The molecule has 138 valence electrons. The van der Waals surface area contributed by atoms with E-state index in [1.165, 1.54) is 0 Å². The predicted molar refractivity (Wildman–Crippen MR) is 89.7 cm³/mol. The molecule has 1 rings (SSSR count). The largest absolute Gasteiger partial charge is 0.480 e. The number of carbonyl (C=O) groups is 1. The van der Waals surface area contributed by atoms with E-state index in [9.17, 15) is 21.6 Å². The summed E-state index contributed by atoms with van der Waals surface area (Å²) >= 11 is 11.1. The topological polar surface area (TPSA) is 184 Å². The Bertz CT molecular complexity index is 824. The molecule has 0 saturated carbocycles. The SMILES string of the molecule is CC(C)[C@H](N)C(=O)O.NS(=O)(=O)c1cc(Cl)c(Cl)c(S(N)(=O)=O)c1. The van der Waals surface area contributed by atoms with Crippen LogP contribution in [0, 0.1) is 5.92 Å². The molecule has 0 fully saturated rings. The molecule has 0 spiro atoms. The van der Waals surface area contributed by atoms with Crippen molar-refractivity contribution in [1.29, 1.82) is 0 Å². The monoisotopic (exact) mass is 421 g/mol. The quantitative estimate of drug-likeness (QED) is 0.539. The minimum absolute atomic E-state index is 0.0208. The lowest BCUT2D eigenvalue weighted by molar-refractivity contribution is -0.139. The van der Waals surface area contributed by atoms with E-state index in [0.29, 0.717) is 0 Å². The molecule has 1 atom stereocenters. The molecule has 0 aliphatic rings. The Labute approximate surface area is 149 Å². The maximum absolute atomic E-state index is 11.1. The third kappa shape index (κ3) is 6.89. The van der Waals surface area contributed by atoms with Crippen LogP contribution in [0.5, 0.6) is 0 Å². The average molecular weight is 422 g/mol. The van der Waals surface area contributed by atoms with E-state index in [0.717, 1.165) is 12.1 Å². The third-order valence-corrected chi connectivity index (χ3v) is 5.35. The lowest BCUT2D eigenvalue weighted by Crippen LogP contribution is -2.34. The third-order valence-electron chi connectivity index (χ3n) is 2.61. The summed E-state index contributed by atoms with van der Waals surface area (Å²) in [5.41, 5.74) is 5.16. The van der Waals surface area contributed by atoms with E-state index in [1.54, 1.807) is 13.8 Å². The van der Waals surface area contributed by atoms with Gasteiger partial charge in [0.1, 0.15) is 10.9 Å². The zero-order valence-electron chi connectivity index (χ0n) is 12.6. The van der Waals surface area contributed by atoms with Crippen LogP contribution in [0.25, 0.3) is 0 Å². The van der Waals surface area contributed by atoms with Crippen LogP contribution in [0.2, 0.25) is 10.0 Å². The van der Waals surface area contributed by atoms with Crippen LogP contribution < -0.4 is 16.0 Å². The first kappa shape index (κ1) is 23.1. The van der Waals surface area contributed by atoms with Gasteiger partial charge in [0, 0.05) is 0 Å². The Hall–Kier alpha value is -0.950. The van der Waals surface area contributed by atoms with Crippen LogP contribution >= 0.6 is 23.2 Å². The van der Waals surface area contributed by atoms with Crippen LogP contribution in [0.3, 0.4) is 0 Å². The molecule has 24 heavy (non-hydrogen) atoms. The summed E-state index contributed by atoms with van der Waals surface area (Å²) in [5, 5.41) is 17.3. The number of primary sulfonamides is 2. The maximum atomic E-state index is 11.1. The standard InChI is InChI=1S/C6H6Cl2N2O4S2.C5H11NO2/c7-4-1-3(15(9,11)12)2-5(6(4)8)16(10,13)14;1-3(2)4(6)5(7)8/h1-2H,(H2,9,11,12)(H2,10,13,14);3-4H,6H2,1-2H3,(H,7,8)/t;4-/m.0/s1. The Balaban J connectivity index is 0.000000561. The highest BCUT2D eigenvalue weighted by molar-refractivity contribution is 7.90. The maximum Gasteiger partial charge on any atom is 0.320 e. The molecular formula is C11H17Cl2N3O6S2. The van der Waals surface area contributed by atoms with Crippen LogP contribution in [0.4, 0.5) is 0 Å². The number of benzene rings is 1. The van der Waals surface area contributed by atoms with Gasteiger partial charge in [0.2, 0.25) is 20.0 Å². The molecule has 0 radical (unpaired) electrons. The van der Waals surface area contributed by atoms with E-state index >= 15 is 0 Å². The number of halogens is 2. The van der Waals surface area contributed by atoms with Crippen molar-refractivity contribution >= 4 is 49.2 Å². The van der Waals surface area contributed by atoms with Gasteiger partial charge in [0.15, 0.2) is 0 Å². The molecular weight excluding hydrogens is 405 g/mol. The van der Waals surface area contributed by atoms with Crippen LogP contribution in [-0.4, -0.2) is 34.0 Å². The minimum Gasteiger partial charge on any atom is -0.480 e. The molecule has 0 bridgehead atoms. The van der Waals surface area contributed by atoms with E-state index in [4.69, 9.17) is 44.3 Å². The molecule has 0 saturated heterocycles. The molecule has 9 nitrogen and oxygen atoms in total. The molecule has 1 aromatic rings. The van der Waals surface area contributed by atoms with Gasteiger partial charge in [-0.15, -0.1) is 0 Å². The van der Waals surface area contributed by atoms with E-state index in [1.807, 2.05) is 0 Å². The number of aliphatic carboxylic acids is 1. The Kier molecular flexibility index (Phi) is 8.09. The lowest BCUT2D eigenvalue weighted by atomic mass is 10.1. The number of rotatable bonds is 4. The van der Waals surface area contributed by atoms with Gasteiger partial charge in [-0.25, -0.2) is 27.1 Å². The van der Waals surface area contributed by atoms with Gasteiger partial charge in [0.05, 0.1) is 14.9 Å². The molecule has 0 aliphatic carbocycles. The van der Waals surface area contributed by atoms with Crippen molar-refractivity contribution in [3.8, 4) is 0 Å². The van der Waals surface area contributed by atoms with E-state index < -0.39 is 41.8 Å². The van der Waals surface area contributed by atoms with Gasteiger partial charge < -0.3 is 10.8 Å². The molecule has 0 aromatic heterocycles. The zero-order chi connectivity index (χ0) is 19.5. The van der Waals surface area contributed by atoms with Gasteiger partial charge in [0.25, 0.3) is 0 Å². The van der Waals surface area contributed by atoms with Crippen LogP contribution in [0.1, 0.15) is 13.8 Å². The number of nitrogens with two attached hydrogens (primary N) is 3. The summed E-state index contributed by atoms with van der Waals surface area (Å²) in [5.74, 6) is -0.910. The second-order valence-electron chi connectivity index (χ2n) is 4.92. The molecule has 0 unspecified atom stereocenters. The fourth-order valence-electron chi connectivity index (χ4n) is 1.20. The van der Waals surface area contributed by atoms with Crippen molar-refractivity contribution in [3.05, 3.63) is 22.2 Å². The average Bonchev–Trinajstić information content (AvgIpc) is 2.38. The van der Waals surface area contributed by atoms with E-state index in [2.05, 4.69) is 0 Å². The zero-order valence-corrected chi connectivity index (χ0v) is 15.7.